The lowest BCUT2D eigenvalue weighted by Gasteiger charge is -2.43. The Morgan fingerprint density at radius 1 is 1.00 bits per heavy atom. The van der Waals surface area contributed by atoms with E-state index < -0.39 is 0 Å². The highest BCUT2D eigenvalue weighted by Crippen LogP contribution is 2.68. The van der Waals surface area contributed by atoms with Gasteiger partial charge in [-0.15, -0.1) is 0 Å². The molecule has 0 heterocycles. The van der Waals surface area contributed by atoms with Crippen LogP contribution in [0.3, 0.4) is 0 Å². The van der Waals surface area contributed by atoms with Gasteiger partial charge in [0, 0.05) is 5.92 Å². The second-order valence-corrected chi connectivity index (χ2v) is 7.64. The number of rotatable bonds is 2. The van der Waals surface area contributed by atoms with Gasteiger partial charge >= 0.3 is 0 Å². The monoisotopic (exact) mass is 266 g/mol. The van der Waals surface area contributed by atoms with Crippen molar-refractivity contribution in [3.8, 4) is 5.75 Å². The van der Waals surface area contributed by atoms with Crippen molar-refractivity contribution in [3.05, 3.63) is 42.5 Å². The van der Waals surface area contributed by atoms with Gasteiger partial charge in [-0.05, 0) is 67.9 Å². The predicted molar refractivity (Wildman–Crippen MR) is 79.4 cm³/mol. The molecule has 5 rings (SSSR count). The average molecular weight is 266 g/mol. The molecule has 0 aromatic heterocycles. The maximum atomic E-state index is 6.49. The summed E-state index contributed by atoms with van der Waals surface area (Å²) in [7, 11) is 0. The molecule has 20 heavy (non-hydrogen) atoms. The van der Waals surface area contributed by atoms with Gasteiger partial charge in [0.1, 0.15) is 11.4 Å². The molecule has 3 saturated carbocycles. The minimum Gasteiger partial charge on any atom is -0.487 e. The lowest BCUT2D eigenvalue weighted by Crippen LogP contribution is -2.46. The van der Waals surface area contributed by atoms with Crippen LogP contribution in [0.1, 0.15) is 26.2 Å². The van der Waals surface area contributed by atoms with Gasteiger partial charge in [0.2, 0.25) is 0 Å². The molecular weight excluding hydrogens is 244 g/mol. The van der Waals surface area contributed by atoms with Crippen LogP contribution >= 0.6 is 0 Å². The van der Waals surface area contributed by atoms with Gasteiger partial charge in [0.25, 0.3) is 0 Å². The standard InChI is InChI=1S/C19H22O/c1-19(20-15-5-3-2-4-6-15)11-14-10-16(19)18-13-8-7-12(9-13)17(14)18/h2-8,12-14,16-18H,9-11H2,1H3. The third kappa shape index (κ3) is 1.34. The van der Waals surface area contributed by atoms with Crippen LogP contribution in [0.5, 0.6) is 5.75 Å². The van der Waals surface area contributed by atoms with Crippen LogP contribution in [0, 0.1) is 35.5 Å². The number of para-hydroxylation sites is 1. The molecule has 4 aliphatic carbocycles. The Balaban J connectivity index is 1.46. The van der Waals surface area contributed by atoms with Gasteiger partial charge < -0.3 is 4.74 Å². The first-order valence-electron chi connectivity index (χ1n) is 8.17. The summed E-state index contributed by atoms with van der Waals surface area (Å²) in [5, 5.41) is 0. The Kier molecular flexibility index (Phi) is 2.11. The number of fused-ring (bicyclic) bond motifs is 9. The third-order valence-corrected chi connectivity index (χ3v) is 6.69. The van der Waals surface area contributed by atoms with Crippen molar-refractivity contribution in [2.45, 2.75) is 31.8 Å². The van der Waals surface area contributed by atoms with Gasteiger partial charge in [0.05, 0.1) is 0 Å². The molecule has 0 radical (unpaired) electrons. The van der Waals surface area contributed by atoms with Crippen molar-refractivity contribution in [1.29, 1.82) is 0 Å². The molecule has 7 atom stereocenters. The predicted octanol–water partition coefficient (Wildman–Crippen LogP) is 4.30. The third-order valence-electron chi connectivity index (χ3n) is 6.69. The van der Waals surface area contributed by atoms with Crippen molar-refractivity contribution in [2.24, 2.45) is 35.5 Å². The summed E-state index contributed by atoms with van der Waals surface area (Å²) < 4.78 is 6.49. The van der Waals surface area contributed by atoms with E-state index in [1.165, 1.54) is 19.3 Å². The summed E-state index contributed by atoms with van der Waals surface area (Å²) >= 11 is 0. The number of hydrogen-bond acceptors (Lipinski definition) is 1. The first-order valence-corrected chi connectivity index (χ1v) is 8.17. The van der Waals surface area contributed by atoms with Crippen LogP contribution in [0.25, 0.3) is 0 Å². The molecule has 104 valence electrons. The van der Waals surface area contributed by atoms with Gasteiger partial charge in [-0.2, -0.15) is 0 Å². The van der Waals surface area contributed by atoms with Crippen LogP contribution < -0.4 is 4.74 Å². The Morgan fingerprint density at radius 2 is 1.75 bits per heavy atom. The summed E-state index contributed by atoms with van der Waals surface area (Å²) in [5.74, 6) is 6.41. The van der Waals surface area contributed by atoms with E-state index in [9.17, 15) is 0 Å². The quantitative estimate of drug-likeness (QED) is 0.573. The van der Waals surface area contributed by atoms with Crippen LogP contribution in [-0.2, 0) is 0 Å². The molecule has 0 saturated heterocycles. The van der Waals surface area contributed by atoms with Gasteiger partial charge in [-0.1, -0.05) is 30.4 Å². The summed E-state index contributed by atoms with van der Waals surface area (Å²) in [6, 6.07) is 10.4. The van der Waals surface area contributed by atoms with Crippen LogP contribution in [0.4, 0.5) is 0 Å². The smallest absolute Gasteiger partial charge is 0.120 e. The molecular formula is C19H22O. The zero-order valence-electron chi connectivity index (χ0n) is 12.0. The molecule has 1 heteroatoms. The van der Waals surface area contributed by atoms with E-state index >= 15 is 0 Å². The summed E-state index contributed by atoms with van der Waals surface area (Å²) in [4.78, 5) is 0. The molecule has 1 nitrogen and oxygen atoms in total. The van der Waals surface area contributed by atoms with Crippen LogP contribution in [-0.4, -0.2) is 5.60 Å². The minimum atomic E-state index is 0.0749. The highest BCUT2D eigenvalue weighted by molar-refractivity contribution is 5.26. The number of benzene rings is 1. The molecule has 0 N–H and O–H groups in total. The first kappa shape index (κ1) is 11.4. The highest BCUT2D eigenvalue weighted by Gasteiger charge is 2.65. The maximum absolute atomic E-state index is 6.49. The molecule has 3 fully saturated rings. The Labute approximate surface area is 121 Å². The van der Waals surface area contributed by atoms with E-state index in [0.717, 1.165) is 41.3 Å². The number of allylic oxidation sites excluding steroid dienone is 2. The van der Waals surface area contributed by atoms with E-state index in [4.69, 9.17) is 4.74 Å². The zero-order chi connectivity index (χ0) is 13.3. The normalized spacial score (nSPS) is 50.6. The zero-order valence-corrected chi connectivity index (χ0v) is 12.0. The van der Waals surface area contributed by atoms with Crippen LogP contribution in [0.2, 0.25) is 0 Å². The van der Waals surface area contributed by atoms with E-state index in [1.54, 1.807) is 0 Å². The Bertz CT molecular complexity index is 562. The maximum Gasteiger partial charge on any atom is 0.120 e. The molecule has 0 amide bonds. The molecule has 1 aromatic rings. The lowest BCUT2D eigenvalue weighted by molar-refractivity contribution is -0.0179. The molecule has 0 spiro atoms. The Hall–Kier alpha value is -1.24. The second-order valence-electron chi connectivity index (χ2n) is 7.64. The van der Waals surface area contributed by atoms with E-state index in [1.807, 2.05) is 0 Å². The number of hydrogen-bond donors (Lipinski definition) is 0. The Morgan fingerprint density at radius 3 is 2.55 bits per heavy atom. The average Bonchev–Trinajstić information content (AvgIpc) is 3.16. The van der Waals surface area contributed by atoms with Crippen molar-refractivity contribution in [3.63, 3.8) is 0 Å². The van der Waals surface area contributed by atoms with Crippen molar-refractivity contribution in [1.82, 2.24) is 0 Å². The molecule has 0 aliphatic heterocycles. The van der Waals surface area contributed by atoms with Gasteiger partial charge in [0.15, 0.2) is 0 Å². The molecule has 4 aliphatic rings. The van der Waals surface area contributed by atoms with Crippen LogP contribution in [0.15, 0.2) is 42.5 Å². The van der Waals surface area contributed by atoms with Crippen molar-refractivity contribution < 1.29 is 4.74 Å². The van der Waals surface area contributed by atoms with Crippen molar-refractivity contribution >= 4 is 0 Å². The topological polar surface area (TPSA) is 9.23 Å². The fourth-order valence-corrected chi connectivity index (χ4v) is 6.19. The fraction of sp³-hybridized carbons (Fsp3) is 0.579. The SMILES string of the molecule is CC1(Oc2ccccc2)CC2CC1C1C3C=CC(C3)C21. The second kappa shape index (κ2) is 3.69. The van der Waals surface area contributed by atoms with E-state index in [0.29, 0.717) is 0 Å². The lowest BCUT2D eigenvalue weighted by atomic mass is 9.68. The molecule has 1 aromatic carbocycles. The van der Waals surface area contributed by atoms with E-state index in [2.05, 4.69) is 49.4 Å². The largest absolute Gasteiger partial charge is 0.487 e. The minimum absolute atomic E-state index is 0.0749. The number of ether oxygens (including phenoxy) is 1. The first-order chi connectivity index (χ1) is 9.74. The van der Waals surface area contributed by atoms with E-state index in [-0.39, 0.29) is 5.60 Å². The molecule has 7 unspecified atom stereocenters. The van der Waals surface area contributed by atoms with Gasteiger partial charge in [-0.3, -0.25) is 0 Å². The summed E-state index contributed by atoms with van der Waals surface area (Å²) in [5.41, 5.74) is 0.0749. The fourth-order valence-electron chi connectivity index (χ4n) is 6.19. The van der Waals surface area contributed by atoms with Crippen molar-refractivity contribution in [2.75, 3.05) is 0 Å². The molecule has 4 bridgehead atoms. The summed E-state index contributed by atoms with van der Waals surface area (Å²) in [6.07, 6.45) is 9.14. The summed E-state index contributed by atoms with van der Waals surface area (Å²) in [6.45, 7) is 2.37. The van der Waals surface area contributed by atoms with Gasteiger partial charge in [-0.25, -0.2) is 0 Å². The highest BCUT2D eigenvalue weighted by atomic mass is 16.5.